The van der Waals surface area contributed by atoms with Crippen molar-refractivity contribution in [1.29, 1.82) is 0 Å². The van der Waals surface area contributed by atoms with Crippen LogP contribution in [-0.2, 0) is 4.79 Å². The van der Waals surface area contributed by atoms with Gasteiger partial charge in [0.05, 0.1) is 26.7 Å². The molecule has 1 N–H and O–H groups in total. The first-order valence-corrected chi connectivity index (χ1v) is 10.5. The molecule has 0 radical (unpaired) electrons. The molecule has 0 unspecified atom stereocenters. The average Bonchev–Trinajstić information content (AvgIpc) is 2.80. The number of hydrogen-bond donors (Lipinski definition) is 1. The third-order valence-corrected chi connectivity index (χ3v) is 5.73. The van der Waals surface area contributed by atoms with E-state index in [0.717, 1.165) is 0 Å². The van der Waals surface area contributed by atoms with E-state index in [1.54, 1.807) is 38.5 Å². The summed E-state index contributed by atoms with van der Waals surface area (Å²) in [7, 11) is 4.66. The first-order chi connectivity index (χ1) is 15.1. The number of hydrazone groups is 1. The molecule has 4 rings (SSSR count). The van der Waals surface area contributed by atoms with E-state index >= 15 is 0 Å². The van der Waals surface area contributed by atoms with Crippen molar-refractivity contribution in [2.45, 2.75) is 6.17 Å². The molecule has 9 heteroatoms. The fraction of sp³-hybridized carbons (Fsp3) is 0.227. The fourth-order valence-corrected chi connectivity index (χ4v) is 4.15. The van der Waals surface area contributed by atoms with Gasteiger partial charge in [-0.2, -0.15) is 0 Å². The molecule has 160 valence electrons. The number of carbonyl (C=O) groups is 1. The van der Waals surface area contributed by atoms with Gasteiger partial charge in [-0.3, -0.25) is 15.1 Å². The second kappa shape index (κ2) is 8.73. The predicted octanol–water partition coefficient (Wildman–Crippen LogP) is 1.77. The molecule has 2 aromatic rings. The topological polar surface area (TPSA) is 84.8 Å². The van der Waals surface area contributed by atoms with Gasteiger partial charge in [-0.1, -0.05) is 36.0 Å². The number of hydrogen-bond acceptors (Lipinski definition) is 8. The third-order valence-electron chi connectivity index (χ3n) is 4.87. The molecule has 2 aliphatic rings. The summed E-state index contributed by atoms with van der Waals surface area (Å²) in [6, 6.07) is 11.1. The van der Waals surface area contributed by atoms with E-state index in [0.29, 0.717) is 50.0 Å². The van der Waals surface area contributed by atoms with E-state index in [-0.39, 0.29) is 5.91 Å². The van der Waals surface area contributed by atoms with Gasteiger partial charge < -0.3 is 14.2 Å². The summed E-state index contributed by atoms with van der Waals surface area (Å²) < 4.78 is 16.6. The second-order valence-electron chi connectivity index (χ2n) is 6.60. The van der Waals surface area contributed by atoms with E-state index in [4.69, 9.17) is 24.3 Å². The summed E-state index contributed by atoms with van der Waals surface area (Å²) in [5.41, 5.74) is 1.12. The highest BCUT2D eigenvalue weighted by atomic mass is 32.2. The Morgan fingerprint density at radius 3 is 2.61 bits per heavy atom. The molecule has 0 aliphatic carbocycles. The van der Waals surface area contributed by atoms with Crippen molar-refractivity contribution in [3.8, 4) is 17.2 Å². The lowest BCUT2D eigenvalue weighted by molar-refractivity contribution is -0.116. The number of carbonyl (C=O) groups excluding carboxylic acids is 1. The molecular formula is C22H22N4O4S. The van der Waals surface area contributed by atoms with E-state index in [2.05, 4.69) is 11.9 Å². The lowest BCUT2D eigenvalue weighted by Gasteiger charge is -2.34. The molecule has 31 heavy (non-hydrogen) atoms. The zero-order chi connectivity index (χ0) is 22.0. The molecule has 0 saturated heterocycles. The molecule has 2 aliphatic heterocycles. The van der Waals surface area contributed by atoms with Crippen LogP contribution < -0.4 is 30.1 Å². The quantitative estimate of drug-likeness (QED) is 0.692. The molecule has 0 fully saturated rings. The number of ether oxygens (including phenoxy) is 3. The van der Waals surface area contributed by atoms with Gasteiger partial charge in [-0.25, -0.2) is 5.01 Å². The summed E-state index contributed by atoms with van der Waals surface area (Å²) in [6.45, 7) is 3.73. The first-order valence-electron chi connectivity index (χ1n) is 9.51. The summed E-state index contributed by atoms with van der Waals surface area (Å²) in [6.07, 6.45) is 1.12. The Labute approximate surface area is 183 Å². The van der Waals surface area contributed by atoms with Gasteiger partial charge in [0.25, 0.3) is 5.91 Å². The van der Waals surface area contributed by atoms with E-state index in [9.17, 15) is 4.79 Å². The summed E-state index contributed by atoms with van der Waals surface area (Å²) in [5.74, 6) is 1.82. The van der Waals surface area contributed by atoms with Crippen molar-refractivity contribution in [3.05, 3.63) is 65.2 Å². The Hall–Kier alpha value is -3.46. The van der Waals surface area contributed by atoms with E-state index in [1.807, 2.05) is 30.3 Å². The number of amides is 1. The average molecular weight is 439 g/mol. The van der Waals surface area contributed by atoms with Gasteiger partial charge in [0, 0.05) is 16.5 Å². The van der Waals surface area contributed by atoms with Crippen LogP contribution in [0.1, 0.15) is 11.7 Å². The number of para-hydroxylation sites is 1. The molecule has 0 spiro atoms. The number of rotatable bonds is 6. The van der Waals surface area contributed by atoms with Crippen LogP contribution in [0.2, 0.25) is 0 Å². The number of thioether (sulfide) groups is 1. The lowest BCUT2D eigenvalue weighted by atomic mass is 10.1. The molecule has 8 nitrogen and oxygen atoms in total. The molecule has 0 aromatic heterocycles. The predicted molar refractivity (Wildman–Crippen MR) is 120 cm³/mol. The number of amidine groups is 1. The molecule has 1 amide bonds. The Balaban J connectivity index is 1.96. The number of fused-ring (bicyclic) bond motifs is 2. The van der Waals surface area contributed by atoms with E-state index < -0.39 is 6.17 Å². The van der Waals surface area contributed by atoms with E-state index in [1.165, 1.54) is 11.8 Å². The number of nitrogens with zero attached hydrogens (tertiary/aromatic N) is 3. The highest BCUT2D eigenvalue weighted by molar-refractivity contribution is 8.14. The minimum Gasteiger partial charge on any atom is -0.493 e. The molecule has 0 bridgehead atoms. The standard InChI is InChI=1S/C22H22N4O4S/c1-5-12-31-22-24-21(27)17-13-8-6-7-9-15(13)23-20(26(17)25-22)14-10-11-16(28-2)19(30-4)18(14)29-3/h5-11,20H,1,12H2,2-4H3,(H,24,25,27)/t20-/m0/s1. The van der Waals surface area contributed by atoms with Crippen molar-refractivity contribution in [3.63, 3.8) is 0 Å². The van der Waals surface area contributed by atoms with Crippen LogP contribution in [0.5, 0.6) is 17.2 Å². The van der Waals surface area contributed by atoms with Crippen molar-refractivity contribution >= 4 is 28.5 Å². The smallest absolute Gasteiger partial charge is 0.276 e. The minimum absolute atomic E-state index is 0.242. The number of methoxy groups -OCH3 is 3. The summed E-state index contributed by atoms with van der Waals surface area (Å²) in [4.78, 5) is 18.0. The SMILES string of the molecule is C=CCSC1=NN2C(=c3ccccc3=N[C@@H]2c2ccc(OC)c(OC)c2OC)C(=O)N1. The lowest BCUT2D eigenvalue weighted by Crippen LogP contribution is -2.50. The van der Waals surface area contributed by atoms with Crippen LogP contribution in [-0.4, -0.2) is 43.2 Å². The van der Waals surface area contributed by atoms with Gasteiger partial charge in [-0.05, 0) is 18.2 Å². The summed E-state index contributed by atoms with van der Waals surface area (Å²) in [5, 5.41) is 11.1. The van der Waals surface area contributed by atoms with Crippen LogP contribution in [0, 0.1) is 0 Å². The zero-order valence-electron chi connectivity index (χ0n) is 17.4. The monoisotopic (exact) mass is 438 g/mol. The Bertz CT molecular complexity index is 1190. The van der Waals surface area contributed by atoms with Gasteiger partial charge in [0.15, 0.2) is 22.8 Å². The van der Waals surface area contributed by atoms with Crippen LogP contribution in [0.4, 0.5) is 0 Å². The molecular weight excluding hydrogens is 416 g/mol. The van der Waals surface area contributed by atoms with Gasteiger partial charge >= 0.3 is 0 Å². The third kappa shape index (κ3) is 3.61. The van der Waals surface area contributed by atoms with Crippen LogP contribution in [0.15, 0.2) is 59.1 Å². The maximum Gasteiger partial charge on any atom is 0.276 e. The van der Waals surface area contributed by atoms with Crippen molar-refractivity contribution in [2.75, 3.05) is 27.1 Å². The molecule has 1 atom stereocenters. The highest BCUT2D eigenvalue weighted by Gasteiger charge is 2.36. The van der Waals surface area contributed by atoms with Crippen molar-refractivity contribution in [2.24, 2.45) is 10.1 Å². The Morgan fingerprint density at radius 1 is 1.13 bits per heavy atom. The number of benzene rings is 2. The molecule has 2 aromatic carbocycles. The van der Waals surface area contributed by atoms with Gasteiger partial charge in [0.2, 0.25) is 5.75 Å². The first kappa shape index (κ1) is 20.8. The maximum absolute atomic E-state index is 13.1. The van der Waals surface area contributed by atoms with Gasteiger partial charge in [0.1, 0.15) is 5.70 Å². The van der Waals surface area contributed by atoms with Crippen LogP contribution >= 0.6 is 11.8 Å². The van der Waals surface area contributed by atoms with Crippen molar-refractivity contribution < 1.29 is 19.0 Å². The van der Waals surface area contributed by atoms with Gasteiger partial charge in [-0.15, -0.1) is 11.7 Å². The fourth-order valence-electron chi connectivity index (χ4n) is 3.56. The molecule has 0 saturated carbocycles. The second-order valence-corrected chi connectivity index (χ2v) is 7.60. The highest BCUT2D eigenvalue weighted by Crippen LogP contribution is 2.45. The van der Waals surface area contributed by atoms with Crippen LogP contribution in [0.3, 0.4) is 0 Å². The Morgan fingerprint density at radius 2 is 1.90 bits per heavy atom. The van der Waals surface area contributed by atoms with Crippen LogP contribution in [0.25, 0.3) is 5.70 Å². The maximum atomic E-state index is 13.1. The minimum atomic E-state index is -0.634. The Kier molecular flexibility index (Phi) is 5.85. The number of nitrogens with one attached hydrogen (secondary N) is 1. The van der Waals surface area contributed by atoms with Crippen molar-refractivity contribution in [1.82, 2.24) is 10.3 Å². The zero-order valence-corrected chi connectivity index (χ0v) is 18.2. The summed E-state index contributed by atoms with van der Waals surface area (Å²) >= 11 is 1.39. The normalized spacial score (nSPS) is 16.9. The molecule has 2 heterocycles. The largest absolute Gasteiger partial charge is 0.493 e.